The lowest BCUT2D eigenvalue weighted by Crippen LogP contribution is -2.34. The van der Waals surface area contributed by atoms with Crippen LogP contribution in [0.4, 0.5) is 18.3 Å². The third-order valence-electron chi connectivity index (χ3n) is 4.11. The molecule has 1 N–H and O–H groups in total. The van der Waals surface area contributed by atoms with E-state index in [2.05, 4.69) is 15.5 Å². The summed E-state index contributed by atoms with van der Waals surface area (Å²) in [5.74, 6) is -1.85. The summed E-state index contributed by atoms with van der Waals surface area (Å²) in [4.78, 5) is 12.1. The molecule has 4 nitrogen and oxygen atoms in total. The van der Waals surface area contributed by atoms with Crippen molar-refractivity contribution in [2.24, 2.45) is 11.8 Å². The minimum Gasteiger partial charge on any atom is -0.300 e. The molecule has 21 heavy (non-hydrogen) atoms. The predicted molar refractivity (Wildman–Crippen MR) is 72.0 cm³/mol. The van der Waals surface area contributed by atoms with E-state index in [1.165, 1.54) is 11.3 Å². The number of carbonyl (C=O) groups excluding carboxylic acids is 1. The lowest BCUT2D eigenvalue weighted by atomic mass is 9.80. The van der Waals surface area contributed by atoms with E-state index in [1.807, 2.05) is 0 Å². The summed E-state index contributed by atoms with van der Waals surface area (Å²) in [5, 5.41) is 11.8. The number of alkyl halides is 3. The second-order valence-corrected chi connectivity index (χ2v) is 6.82. The zero-order valence-electron chi connectivity index (χ0n) is 11.3. The van der Waals surface area contributed by atoms with Gasteiger partial charge in [-0.05, 0) is 32.1 Å². The molecule has 8 heteroatoms. The van der Waals surface area contributed by atoms with E-state index in [0.717, 1.165) is 17.8 Å². The van der Waals surface area contributed by atoms with Crippen LogP contribution in [0.25, 0.3) is 0 Å². The molecule has 0 unspecified atom stereocenters. The van der Waals surface area contributed by atoms with Crippen LogP contribution in [0.2, 0.25) is 0 Å². The van der Waals surface area contributed by atoms with Crippen LogP contribution in [-0.4, -0.2) is 22.3 Å². The van der Waals surface area contributed by atoms with Crippen molar-refractivity contribution in [3.8, 4) is 0 Å². The molecule has 2 aliphatic rings. The van der Waals surface area contributed by atoms with E-state index >= 15 is 0 Å². The first-order chi connectivity index (χ1) is 9.93. The van der Waals surface area contributed by atoms with Crippen molar-refractivity contribution >= 4 is 22.4 Å². The first-order valence-corrected chi connectivity index (χ1v) is 7.96. The minimum absolute atomic E-state index is 0.121. The predicted octanol–water partition coefficient (Wildman–Crippen LogP) is 3.72. The van der Waals surface area contributed by atoms with Crippen LogP contribution in [0.5, 0.6) is 0 Å². The van der Waals surface area contributed by atoms with Crippen LogP contribution < -0.4 is 5.32 Å². The van der Waals surface area contributed by atoms with Crippen LogP contribution in [-0.2, 0) is 4.79 Å². The third kappa shape index (κ3) is 3.53. The highest BCUT2D eigenvalue weighted by Crippen LogP contribution is 2.43. The van der Waals surface area contributed by atoms with Crippen LogP contribution >= 0.6 is 11.3 Å². The Morgan fingerprint density at radius 3 is 2.62 bits per heavy atom. The molecule has 0 radical (unpaired) electrons. The molecule has 3 rings (SSSR count). The quantitative estimate of drug-likeness (QED) is 0.924. The van der Waals surface area contributed by atoms with E-state index in [0.29, 0.717) is 23.9 Å². The highest BCUT2D eigenvalue weighted by molar-refractivity contribution is 7.15. The van der Waals surface area contributed by atoms with Crippen molar-refractivity contribution in [2.75, 3.05) is 5.32 Å². The molecule has 0 saturated heterocycles. The normalized spacial score (nSPS) is 26.6. The van der Waals surface area contributed by atoms with Gasteiger partial charge in [0.2, 0.25) is 11.0 Å². The number of aromatic nitrogens is 2. The number of rotatable bonds is 3. The molecule has 1 aromatic rings. The number of anilines is 1. The number of hydrogen-bond acceptors (Lipinski definition) is 4. The van der Waals surface area contributed by atoms with Gasteiger partial charge in [0.1, 0.15) is 5.01 Å². The Labute approximate surface area is 124 Å². The van der Waals surface area contributed by atoms with Crippen LogP contribution in [0.1, 0.15) is 49.5 Å². The Morgan fingerprint density at radius 1 is 1.19 bits per heavy atom. The zero-order chi connectivity index (χ0) is 15.0. The molecule has 1 amide bonds. The highest BCUT2D eigenvalue weighted by Gasteiger charge is 2.43. The van der Waals surface area contributed by atoms with Gasteiger partial charge in [-0.3, -0.25) is 4.79 Å². The van der Waals surface area contributed by atoms with Gasteiger partial charge in [-0.1, -0.05) is 17.8 Å². The molecule has 0 bridgehead atoms. The monoisotopic (exact) mass is 319 g/mol. The fourth-order valence-electron chi connectivity index (χ4n) is 2.71. The second-order valence-electron chi connectivity index (χ2n) is 5.81. The maximum atomic E-state index is 12.8. The number of amides is 1. The minimum atomic E-state index is -4.21. The number of carbonyl (C=O) groups is 1. The molecule has 2 aliphatic carbocycles. The summed E-state index contributed by atoms with van der Waals surface area (Å²) in [6.07, 6.45) is -1.07. The van der Waals surface area contributed by atoms with Gasteiger partial charge in [-0.15, -0.1) is 10.2 Å². The molecule has 1 aromatic heterocycles. The standard InChI is InChI=1S/C13H16F3N3OS/c14-13(15,16)9-3-1-2-8(6-9)10(20)17-12-19-18-11(21-12)7-4-5-7/h7-9H,1-6H2,(H,17,19,20)/t8-,9+/m1/s1. The Morgan fingerprint density at radius 2 is 1.95 bits per heavy atom. The summed E-state index contributed by atoms with van der Waals surface area (Å²) in [6, 6.07) is 0. The maximum absolute atomic E-state index is 12.8. The Bertz CT molecular complexity index is 527. The molecule has 0 aromatic carbocycles. The maximum Gasteiger partial charge on any atom is 0.391 e. The van der Waals surface area contributed by atoms with Crippen molar-refractivity contribution < 1.29 is 18.0 Å². The summed E-state index contributed by atoms with van der Waals surface area (Å²) in [7, 11) is 0. The van der Waals surface area contributed by atoms with Gasteiger partial charge in [0.25, 0.3) is 0 Å². The molecule has 2 saturated carbocycles. The van der Waals surface area contributed by atoms with Gasteiger partial charge < -0.3 is 5.32 Å². The van der Waals surface area contributed by atoms with E-state index in [4.69, 9.17) is 0 Å². The van der Waals surface area contributed by atoms with Gasteiger partial charge in [-0.25, -0.2) is 0 Å². The first kappa shape index (κ1) is 14.7. The van der Waals surface area contributed by atoms with Crippen molar-refractivity contribution in [3.05, 3.63) is 5.01 Å². The molecular weight excluding hydrogens is 303 g/mol. The largest absolute Gasteiger partial charge is 0.391 e. The molecular formula is C13H16F3N3OS. The van der Waals surface area contributed by atoms with Crippen molar-refractivity contribution in [3.63, 3.8) is 0 Å². The van der Waals surface area contributed by atoms with Crippen LogP contribution in [0.3, 0.4) is 0 Å². The topological polar surface area (TPSA) is 54.9 Å². The smallest absolute Gasteiger partial charge is 0.300 e. The van der Waals surface area contributed by atoms with E-state index in [-0.39, 0.29) is 18.7 Å². The Hall–Kier alpha value is -1.18. The Kier molecular flexibility index (Phi) is 3.90. The molecule has 2 fully saturated rings. The van der Waals surface area contributed by atoms with E-state index < -0.39 is 18.0 Å². The van der Waals surface area contributed by atoms with Gasteiger partial charge >= 0.3 is 6.18 Å². The molecule has 116 valence electrons. The number of halogens is 3. The van der Waals surface area contributed by atoms with Crippen LogP contribution in [0.15, 0.2) is 0 Å². The van der Waals surface area contributed by atoms with E-state index in [1.54, 1.807) is 0 Å². The van der Waals surface area contributed by atoms with Gasteiger partial charge in [0, 0.05) is 11.8 Å². The summed E-state index contributed by atoms with van der Waals surface area (Å²) in [5.41, 5.74) is 0. The van der Waals surface area contributed by atoms with Crippen molar-refractivity contribution in [1.82, 2.24) is 10.2 Å². The lowest BCUT2D eigenvalue weighted by Gasteiger charge is -2.29. The average molecular weight is 319 g/mol. The lowest BCUT2D eigenvalue weighted by molar-refractivity contribution is -0.185. The SMILES string of the molecule is O=C(Nc1nnc(C2CC2)s1)[C@@H]1CCC[C@H](C(F)(F)F)C1. The van der Waals surface area contributed by atoms with Crippen molar-refractivity contribution in [1.29, 1.82) is 0 Å². The number of hydrogen-bond donors (Lipinski definition) is 1. The van der Waals surface area contributed by atoms with Crippen molar-refractivity contribution in [2.45, 2.75) is 50.6 Å². The molecule has 0 spiro atoms. The second kappa shape index (κ2) is 5.55. The fraction of sp³-hybridized carbons (Fsp3) is 0.769. The van der Waals surface area contributed by atoms with E-state index in [9.17, 15) is 18.0 Å². The molecule has 0 aliphatic heterocycles. The molecule has 1 heterocycles. The average Bonchev–Trinajstić information content (AvgIpc) is 3.19. The first-order valence-electron chi connectivity index (χ1n) is 7.14. The van der Waals surface area contributed by atoms with Gasteiger partial charge in [0.15, 0.2) is 0 Å². The summed E-state index contributed by atoms with van der Waals surface area (Å²) in [6.45, 7) is 0. The molecule has 2 atom stereocenters. The van der Waals surface area contributed by atoms with Gasteiger partial charge in [-0.2, -0.15) is 13.2 Å². The highest BCUT2D eigenvalue weighted by atomic mass is 32.1. The summed E-state index contributed by atoms with van der Waals surface area (Å²) >= 11 is 1.33. The zero-order valence-corrected chi connectivity index (χ0v) is 12.1. The number of nitrogens with one attached hydrogen (secondary N) is 1. The third-order valence-corrected chi connectivity index (χ3v) is 5.11. The summed E-state index contributed by atoms with van der Waals surface area (Å²) < 4.78 is 38.3. The van der Waals surface area contributed by atoms with Crippen LogP contribution in [0, 0.1) is 11.8 Å². The fourth-order valence-corrected chi connectivity index (χ4v) is 3.63. The van der Waals surface area contributed by atoms with Gasteiger partial charge in [0.05, 0.1) is 5.92 Å². The number of nitrogens with zero attached hydrogens (tertiary/aromatic N) is 2. The Balaban J connectivity index is 1.58.